The van der Waals surface area contributed by atoms with Gasteiger partial charge in [0.05, 0.1) is 17.3 Å². The number of fused-ring (bicyclic) bond motifs is 1. The Labute approximate surface area is 140 Å². The number of hydrogen-bond donors (Lipinski definition) is 0. The highest BCUT2D eigenvalue weighted by Gasteiger charge is 2.13. The molecule has 0 fully saturated rings. The zero-order chi connectivity index (χ0) is 14.3. The molecule has 6 heteroatoms. The first kappa shape index (κ1) is 14.0. The zero-order valence-electron chi connectivity index (χ0n) is 9.98. The number of halogens is 3. The molecule has 0 unspecified atom stereocenters. The van der Waals surface area contributed by atoms with Crippen molar-refractivity contribution in [3.8, 4) is 5.69 Å². The fraction of sp³-hybridized carbons (Fsp3) is 0. The Morgan fingerprint density at radius 2 is 1.65 bits per heavy atom. The normalized spacial score (nSPS) is 10.9. The van der Waals surface area contributed by atoms with Gasteiger partial charge >= 0.3 is 0 Å². The molecule has 0 spiro atoms. The number of hydrogen-bond acceptors (Lipinski definition) is 2. The first-order valence-electron chi connectivity index (χ1n) is 5.70. The van der Waals surface area contributed by atoms with Crippen molar-refractivity contribution in [2.24, 2.45) is 0 Å². The van der Waals surface area contributed by atoms with Crippen molar-refractivity contribution >= 4 is 58.6 Å². The number of nitrogens with zero attached hydrogens (tertiary/aromatic N) is 2. The smallest absolute Gasteiger partial charge is 0.267 e. The van der Waals surface area contributed by atoms with E-state index in [1.54, 1.807) is 12.3 Å². The summed E-state index contributed by atoms with van der Waals surface area (Å²) in [5.41, 5.74) is 0.538. The van der Waals surface area contributed by atoms with Crippen LogP contribution in [-0.4, -0.2) is 9.78 Å². The third kappa shape index (κ3) is 2.36. The molecule has 0 atom stereocenters. The Morgan fingerprint density at radius 3 is 2.35 bits per heavy atom. The summed E-state index contributed by atoms with van der Waals surface area (Å²) in [6, 6.07) is 11.2. The van der Waals surface area contributed by atoms with Gasteiger partial charge in [0.15, 0.2) is 0 Å². The number of rotatable bonds is 1. The van der Waals surface area contributed by atoms with Crippen molar-refractivity contribution < 1.29 is 0 Å². The topological polar surface area (TPSA) is 34.9 Å². The summed E-state index contributed by atoms with van der Waals surface area (Å²) in [6.07, 6.45) is 1.69. The maximum atomic E-state index is 12.6. The van der Waals surface area contributed by atoms with Gasteiger partial charge < -0.3 is 0 Å². The molecule has 0 bridgehead atoms. The largest absolute Gasteiger partial charge is 0.279 e. The van der Waals surface area contributed by atoms with E-state index in [0.717, 1.165) is 18.8 Å². The van der Waals surface area contributed by atoms with Crippen molar-refractivity contribution in [3.63, 3.8) is 0 Å². The predicted molar refractivity (Wildman–Crippen MR) is 90.4 cm³/mol. The van der Waals surface area contributed by atoms with Crippen LogP contribution in [-0.2, 0) is 0 Å². The second-order valence-corrected chi connectivity index (χ2v) is 6.79. The molecular weight excluding hydrogens is 452 g/mol. The molecule has 0 N–H and O–H groups in total. The summed E-state index contributed by atoms with van der Waals surface area (Å²) < 4.78 is 3.87. The molecule has 1 aromatic heterocycles. The van der Waals surface area contributed by atoms with E-state index < -0.39 is 0 Å². The van der Waals surface area contributed by atoms with E-state index in [1.165, 1.54) is 4.68 Å². The summed E-state index contributed by atoms with van der Waals surface area (Å²) in [6.45, 7) is 0. The number of benzene rings is 2. The molecule has 0 amide bonds. The molecule has 3 rings (SSSR count). The van der Waals surface area contributed by atoms with Crippen LogP contribution in [0.25, 0.3) is 16.5 Å². The van der Waals surface area contributed by atoms with Gasteiger partial charge in [0.25, 0.3) is 5.56 Å². The second-order valence-electron chi connectivity index (χ2n) is 4.17. The van der Waals surface area contributed by atoms with Gasteiger partial charge in [-0.1, -0.05) is 34.1 Å². The Bertz CT molecular complexity index is 851. The summed E-state index contributed by atoms with van der Waals surface area (Å²) in [5, 5.41) is 5.73. The maximum absolute atomic E-state index is 12.6. The molecule has 1 heterocycles. The van der Waals surface area contributed by atoms with Gasteiger partial charge in [0, 0.05) is 18.8 Å². The average Bonchev–Trinajstić information content (AvgIpc) is 2.40. The summed E-state index contributed by atoms with van der Waals surface area (Å²) in [4.78, 5) is 12.6. The molecule has 2 aromatic carbocycles. The first-order chi connectivity index (χ1) is 9.58. The molecule has 0 saturated heterocycles. The van der Waals surface area contributed by atoms with Crippen molar-refractivity contribution in [3.05, 3.63) is 66.4 Å². The second kappa shape index (κ2) is 5.42. The van der Waals surface area contributed by atoms with Gasteiger partial charge in [-0.3, -0.25) is 4.79 Å². The van der Waals surface area contributed by atoms with Crippen LogP contribution in [0.15, 0.2) is 60.8 Å². The van der Waals surface area contributed by atoms with E-state index in [-0.39, 0.29) is 5.56 Å². The lowest BCUT2D eigenvalue weighted by Gasteiger charge is -2.10. The van der Waals surface area contributed by atoms with E-state index >= 15 is 0 Å². The van der Waals surface area contributed by atoms with E-state index in [4.69, 9.17) is 0 Å². The molecule has 3 nitrogen and oxygen atoms in total. The van der Waals surface area contributed by atoms with Gasteiger partial charge in [-0.25, -0.2) is 0 Å². The first-order valence-corrected chi connectivity index (χ1v) is 8.08. The quantitative estimate of drug-likeness (QED) is 0.531. The molecule has 0 saturated carbocycles. The van der Waals surface area contributed by atoms with Crippen molar-refractivity contribution in [2.45, 2.75) is 0 Å². The minimum absolute atomic E-state index is 0.146. The van der Waals surface area contributed by atoms with Crippen LogP contribution >= 0.6 is 47.8 Å². The van der Waals surface area contributed by atoms with Crippen LogP contribution in [0.4, 0.5) is 0 Å². The molecule has 0 aliphatic heterocycles. The SMILES string of the molecule is O=c1c2ccccc2cnn1-c1c(Br)cc(Br)cc1Br. The molecule has 0 aliphatic rings. The summed E-state index contributed by atoms with van der Waals surface area (Å²) >= 11 is 10.4. The lowest BCUT2D eigenvalue weighted by atomic mass is 10.2. The van der Waals surface area contributed by atoms with Gasteiger partial charge in [0.2, 0.25) is 0 Å². The van der Waals surface area contributed by atoms with E-state index in [0.29, 0.717) is 11.1 Å². The highest BCUT2D eigenvalue weighted by atomic mass is 79.9. The lowest BCUT2D eigenvalue weighted by molar-refractivity contribution is 0.813. The minimum Gasteiger partial charge on any atom is -0.267 e. The third-order valence-electron chi connectivity index (χ3n) is 2.89. The fourth-order valence-electron chi connectivity index (χ4n) is 1.99. The Morgan fingerprint density at radius 1 is 1.00 bits per heavy atom. The Kier molecular flexibility index (Phi) is 3.79. The average molecular weight is 459 g/mol. The molecule has 3 aromatic rings. The van der Waals surface area contributed by atoms with E-state index in [1.807, 2.05) is 30.3 Å². The molecule has 20 heavy (non-hydrogen) atoms. The van der Waals surface area contributed by atoms with Crippen LogP contribution in [0.1, 0.15) is 0 Å². The predicted octanol–water partition coefficient (Wildman–Crippen LogP) is 4.67. The molecule has 0 aliphatic carbocycles. The van der Waals surface area contributed by atoms with E-state index in [9.17, 15) is 4.79 Å². The molecule has 0 radical (unpaired) electrons. The summed E-state index contributed by atoms with van der Waals surface area (Å²) in [7, 11) is 0. The van der Waals surface area contributed by atoms with Gasteiger partial charge in [-0.15, -0.1) is 0 Å². The lowest BCUT2D eigenvalue weighted by Crippen LogP contribution is -2.21. The van der Waals surface area contributed by atoms with Crippen LogP contribution < -0.4 is 5.56 Å². The van der Waals surface area contributed by atoms with Gasteiger partial charge in [-0.05, 0) is 50.1 Å². The van der Waals surface area contributed by atoms with Crippen LogP contribution in [0.3, 0.4) is 0 Å². The fourth-order valence-corrected chi connectivity index (χ4v) is 4.58. The van der Waals surface area contributed by atoms with Gasteiger partial charge in [0.1, 0.15) is 0 Å². The number of aromatic nitrogens is 2. The Hall–Kier alpha value is -0.980. The molecular formula is C14H7Br3N2O. The monoisotopic (exact) mass is 456 g/mol. The standard InChI is InChI=1S/C14H7Br3N2O/c15-9-5-11(16)13(12(17)6-9)19-14(20)10-4-2-1-3-8(10)7-18-19/h1-7H. The minimum atomic E-state index is -0.146. The van der Waals surface area contributed by atoms with Crippen LogP contribution in [0.5, 0.6) is 0 Å². The van der Waals surface area contributed by atoms with Crippen molar-refractivity contribution in [1.29, 1.82) is 0 Å². The summed E-state index contributed by atoms with van der Waals surface area (Å²) in [5.74, 6) is 0. The highest BCUT2D eigenvalue weighted by Crippen LogP contribution is 2.31. The highest BCUT2D eigenvalue weighted by molar-refractivity contribution is 9.11. The van der Waals surface area contributed by atoms with Crippen molar-refractivity contribution in [2.75, 3.05) is 0 Å². The van der Waals surface area contributed by atoms with Crippen LogP contribution in [0.2, 0.25) is 0 Å². The Balaban J connectivity index is 2.36. The van der Waals surface area contributed by atoms with E-state index in [2.05, 4.69) is 52.9 Å². The zero-order valence-corrected chi connectivity index (χ0v) is 14.7. The van der Waals surface area contributed by atoms with Crippen molar-refractivity contribution in [1.82, 2.24) is 9.78 Å². The maximum Gasteiger partial charge on any atom is 0.279 e. The van der Waals surface area contributed by atoms with Gasteiger partial charge in [-0.2, -0.15) is 9.78 Å². The third-order valence-corrected chi connectivity index (χ3v) is 4.56. The molecule has 100 valence electrons. The van der Waals surface area contributed by atoms with Crippen LogP contribution in [0, 0.1) is 0 Å².